The molecule has 0 spiro atoms. The fourth-order valence-corrected chi connectivity index (χ4v) is 3.81. The van der Waals surface area contributed by atoms with Crippen LogP contribution in [0.25, 0.3) is 0 Å². The molecule has 0 saturated carbocycles. The molecule has 0 saturated heterocycles. The number of aromatic nitrogens is 6. The summed E-state index contributed by atoms with van der Waals surface area (Å²) in [5.74, 6) is 0. The van der Waals surface area contributed by atoms with Gasteiger partial charge in [0.05, 0.1) is 17.1 Å². The molecule has 1 aliphatic rings. The van der Waals surface area contributed by atoms with E-state index in [0.717, 1.165) is 34.2 Å². The number of hydrogen-bond acceptors (Lipinski definition) is 3. The fraction of sp³-hybridized carbons (Fsp3) is 0.458. The number of aryl methyl sites for hydroxylation is 6. The minimum atomic E-state index is -10.7. The van der Waals surface area contributed by atoms with Gasteiger partial charge in [0.25, 0.3) is 0 Å². The van der Waals surface area contributed by atoms with Crippen LogP contribution < -0.4 is 0 Å². The standard InChI is InChI=1S/C16H22N6.C8H12.F6P.Rh/c1-10-7-13(4)20(17-10)16(21-14(5)8-11(2)18-21)22-15(6)9-12(3)19-22;1-2-4-6-8-7-5-3-1;1-7(2,3,4,5)6;/h7-9,16H,1-6H3;1-2,7-8H,3-6H2;;/q;;-1;/b;2-1-,8-7-;;. The van der Waals surface area contributed by atoms with Crippen molar-refractivity contribution >= 4 is 7.81 Å². The molecule has 0 N–H and O–H groups in total. The Morgan fingerprint density at radius 3 is 0.921 bits per heavy atom. The van der Waals surface area contributed by atoms with Crippen LogP contribution in [0.2, 0.25) is 0 Å². The van der Waals surface area contributed by atoms with E-state index in [-0.39, 0.29) is 25.8 Å². The van der Waals surface area contributed by atoms with Crippen LogP contribution in [0, 0.1) is 41.5 Å². The largest absolute Gasteiger partial charge is 0 e. The first-order chi connectivity index (χ1) is 16.8. The molecular formula is C24H34F6N6PRh-. The van der Waals surface area contributed by atoms with Gasteiger partial charge in [0.1, 0.15) is 0 Å². The van der Waals surface area contributed by atoms with Gasteiger partial charge in [0.15, 0.2) is 0 Å². The number of allylic oxidation sites excluding steroid dienone is 4. The molecule has 0 aliphatic heterocycles. The van der Waals surface area contributed by atoms with Gasteiger partial charge in [-0.15, -0.1) is 0 Å². The quantitative estimate of drug-likeness (QED) is 0.123. The molecule has 38 heavy (non-hydrogen) atoms. The van der Waals surface area contributed by atoms with Gasteiger partial charge >= 0.3 is 33.0 Å². The van der Waals surface area contributed by atoms with Crippen LogP contribution in [0.15, 0.2) is 42.5 Å². The van der Waals surface area contributed by atoms with Crippen molar-refractivity contribution < 1.29 is 44.7 Å². The van der Waals surface area contributed by atoms with Gasteiger partial charge < -0.3 is 0 Å². The predicted molar refractivity (Wildman–Crippen MR) is 135 cm³/mol. The first kappa shape index (κ1) is 33.8. The van der Waals surface area contributed by atoms with Crippen molar-refractivity contribution in [2.24, 2.45) is 0 Å². The van der Waals surface area contributed by atoms with Gasteiger partial charge in [0, 0.05) is 36.6 Å². The number of rotatable bonds is 3. The molecule has 14 heteroatoms. The third-order valence-electron chi connectivity index (χ3n) is 5.12. The summed E-state index contributed by atoms with van der Waals surface area (Å²) < 4.78 is 65.1. The molecule has 0 amide bonds. The Morgan fingerprint density at radius 2 is 0.763 bits per heavy atom. The first-order valence-corrected chi connectivity index (χ1v) is 13.8. The average molecular weight is 654 g/mol. The molecule has 217 valence electrons. The second kappa shape index (κ2) is 12.3. The fourth-order valence-electron chi connectivity index (χ4n) is 3.81. The summed E-state index contributed by atoms with van der Waals surface area (Å²) in [5, 5.41) is 14.0. The Balaban J connectivity index is 0.000000372. The second-order valence-electron chi connectivity index (χ2n) is 9.02. The van der Waals surface area contributed by atoms with Crippen LogP contribution in [0.3, 0.4) is 0 Å². The Labute approximate surface area is 231 Å². The molecule has 0 aromatic carbocycles. The van der Waals surface area contributed by atoms with Gasteiger partial charge in [-0.3, -0.25) is 0 Å². The third-order valence-corrected chi connectivity index (χ3v) is 5.12. The van der Waals surface area contributed by atoms with Crippen molar-refractivity contribution in [1.29, 1.82) is 0 Å². The Hall–Kier alpha value is -2.26. The van der Waals surface area contributed by atoms with Gasteiger partial charge in [-0.1, -0.05) is 24.3 Å². The summed E-state index contributed by atoms with van der Waals surface area (Å²) in [4.78, 5) is 0. The molecule has 3 aromatic rings. The zero-order valence-electron chi connectivity index (χ0n) is 22.2. The van der Waals surface area contributed by atoms with E-state index in [1.807, 2.05) is 34.8 Å². The Morgan fingerprint density at radius 1 is 0.553 bits per heavy atom. The molecule has 0 bridgehead atoms. The second-order valence-corrected chi connectivity index (χ2v) is 10.9. The van der Waals surface area contributed by atoms with Crippen molar-refractivity contribution in [3.63, 3.8) is 0 Å². The van der Waals surface area contributed by atoms with Crippen molar-refractivity contribution in [3.05, 3.63) is 76.7 Å². The Kier molecular flexibility index (Phi) is 10.9. The summed E-state index contributed by atoms with van der Waals surface area (Å²) in [6, 6.07) is 6.22. The molecule has 0 unspecified atom stereocenters. The SMILES string of the molecule is C1=C\CC/C=C\CC/1.Cc1cc(C)n(C(n2nc(C)cc2C)n2nc(C)cc2C)n1.F[P-](F)(F)(F)(F)F.[Rh]. The van der Waals surface area contributed by atoms with Crippen LogP contribution in [0.1, 0.15) is 66.1 Å². The van der Waals surface area contributed by atoms with E-state index < -0.39 is 7.81 Å². The molecule has 0 fully saturated rings. The monoisotopic (exact) mass is 654 g/mol. The first-order valence-electron chi connectivity index (χ1n) is 11.8. The summed E-state index contributed by atoms with van der Waals surface area (Å²) in [7, 11) is -10.7. The summed E-state index contributed by atoms with van der Waals surface area (Å²) in [6.07, 6.45) is 13.8. The number of hydrogen-bond donors (Lipinski definition) is 0. The van der Waals surface area contributed by atoms with Crippen molar-refractivity contribution in [1.82, 2.24) is 29.3 Å². The van der Waals surface area contributed by atoms with E-state index in [2.05, 4.69) is 78.6 Å². The van der Waals surface area contributed by atoms with E-state index in [4.69, 9.17) is 0 Å². The molecule has 3 heterocycles. The minimum Gasteiger partial charge on any atom is 0 e. The van der Waals surface area contributed by atoms with E-state index in [0.29, 0.717) is 0 Å². The normalized spacial score (nSPS) is 16.9. The summed E-state index contributed by atoms with van der Waals surface area (Å²) in [5.41, 5.74) is 6.23. The topological polar surface area (TPSA) is 53.5 Å². The van der Waals surface area contributed by atoms with Crippen LogP contribution >= 0.6 is 7.81 Å². The van der Waals surface area contributed by atoms with Gasteiger partial charge in [-0.05, 0) is 85.4 Å². The van der Waals surface area contributed by atoms with Crippen molar-refractivity contribution in [2.75, 3.05) is 0 Å². The molecule has 0 atom stereocenters. The molecular weight excluding hydrogens is 620 g/mol. The smallest absolute Gasteiger partial charge is 0 e. The van der Waals surface area contributed by atoms with E-state index >= 15 is 0 Å². The van der Waals surface area contributed by atoms with Crippen molar-refractivity contribution in [2.45, 2.75) is 73.5 Å². The zero-order chi connectivity index (χ0) is 28.1. The summed E-state index contributed by atoms with van der Waals surface area (Å²) in [6.45, 7) is 12.2. The van der Waals surface area contributed by atoms with Crippen LogP contribution in [-0.2, 0) is 19.5 Å². The molecule has 6 nitrogen and oxygen atoms in total. The number of halogens is 6. The zero-order valence-corrected chi connectivity index (χ0v) is 24.7. The summed E-state index contributed by atoms with van der Waals surface area (Å²) >= 11 is 0. The maximum Gasteiger partial charge on any atom is 0 e. The maximum atomic E-state index is 9.87. The minimum absolute atomic E-state index is 0. The van der Waals surface area contributed by atoms with E-state index in [1.165, 1.54) is 25.7 Å². The van der Waals surface area contributed by atoms with E-state index in [9.17, 15) is 25.2 Å². The van der Waals surface area contributed by atoms with Crippen LogP contribution in [0.4, 0.5) is 25.2 Å². The third kappa shape index (κ3) is 12.5. The number of nitrogens with zero attached hydrogens (tertiary/aromatic N) is 6. The molecule has 1 aliphatic carbocycles. The Bertz CT molecular complexity index is 1110. The van der Waals surface area contributed by atoms with Gasteiger partial charge in [-0.2, -0.15) is 15.3 Å². The maximum absolute atomic E-state index is 10.7. The van der Waals surface area contributed by atoms with Crippen LogP contribution in [0.5, 0.6) is 0 Å². The van der Waals surface area contributed by atoms with Crippen molar-refractivity contribution in [3.8, 4) is 0 Å². The molecule has 1 radical (unpaired) electrons. The van der Waals surface area contributed by atoms with Gasteiger partial charge in [0.2, 0.25) is 6.29 Å². The predicted octanol–water partition coefficient (Wildman–Crippen LogP) is 8.73. The molecule has 3 aromatic heterocycles. The van der Waals surface area contributed by atoms with Gasteiger partial charge in [-0.25, -0.2) is 14.0 Å². The molecule has 4 rings (SSSR count). The van der Waals surface area contributed by atoms with Crippen LogP contribution in [-0.4, -0.2) is 29.3 Å². The van der Waals surface area contributed by atoms with E-state index in [1.54, 1.807) is 0 Å². The average Bonchev–Trinajstić information content (AvgIpc) is 3.30.